The zero-order valence-electron chi connectivity index (χ0n) is 27.7. The van der Waals surface area contributed by atoms with Gasteiger partial charge in [-0.25, -0.2) is 4.68 Å². The number of hydrogen-bond acceptors (Lipinski definition) is 8. The smallest absolute Gasteiger partial charge is 0.287 e. The van der Waals surface area contributed by atoms with Crippen LogP contribution in [-0.2, 0) is 13.1 Å². The zero-order valence-corrected chi connectivity index (χ0v) is 28.5. The van der Waals surface area contributed by atoms with Crippen LogP contribution in [0.4, 0.5) is 0 Å². The third-order valence-electron chi connectivity index (χ3n) is 9.21. The number of carbonyl (C=O) groups excluding carboxylic acids is 1. The van der Waals surface area contributed by atoms with E-state index in [4.69, 9.17) is 9.15 Å². The fourth-order valence-electron chi connectivity index (χ4n) is 6.61. The monoisotopic (exact) mass is 657 g/mol. The van der Waals surface area contributed by atoms with E-state index in [0.717, 1.165) is 45.3 Å². The van der Waals surface area contributed by atoms with Crippen LogP contribution in [0.25, 0.3) is 11.0 Å². The number of fused-ring (bicyclic) bond motifs is 2. The van der Waals surface area contributed by atoms with Crippen molar-refractivity contribution in [3.63, 3.8) is 0 Å². The minimum absolute atomic E-state index is 0.206. The highest BCUT2D eigenvalue weighted by Gasteiger charge is 2.38. The van der Waals surface area contributed by atoms with E-state index in [1.807, 2.05) is 58.4 Å². The molecule has 3 aromatic carbocycles. The lowest BCUT2D eigenvalue weighted by Crippen LogP contribution is -2.48. The van der Waals surface area contributed by atoms with Crippen LogP contribution in [0, 0.1) is 13.8 Å². The maximum absolute atomic E-state index is 13.4. The van der Waals surface area contributed by atoms with Crippen LogP contribution in [-0.4, -0.2) is 52.5 Å². The molecule has 0 saturated carbocycles. The number of ether oxygens (including phenoxy) is 1. The highest BCUT2D eigenvalue weighted by molar-refractivity contribution is 8.22. The molecule has 0 saturated heterocycles. The predicted octanol–water partition coefficient (Wildman–Crippen LogP) is 7.70. The van der Waals surface area contributed by atoms with Gasteiger partial charge in [0.15, 0.2) is 5.76 Å². The van der Waals surface area contributed by atoms with Crippen molar-refractivity contribution in [2.75, 3.05) is 6.54 Å². The van der Waals surface area contributed by atoms with E-state index in [9.17, 15) is 13.9 Å². The molecule has 2 atom stereocenters. The fourth-order valence-corrected chi connectivity index (χ4v) is 8.23. The molecule has 10 nitrogen and oxygen atoms in total. The molecule has 248 valence electrons. The Kier molecular flexibility index (Phi) is 8.92. The van der Waals surface area contributed by atoms with Crippen molar-refractivity contribution in [1.82, 2.24) is 24.6 Å². The van der Waals surface area contributed by atoms with Crippen molar-refractivity contribution in [2.45, 2.75) is 83.5 Å². The van der Waals surface area contributed by atoms with Gasteiger partial charge in [-0.3, -0.25) is 13.9 Å². The van der Waals surface area contributed by atoms with E-state index in [2.05, 4.69) is 39.9 Å². The largest absolute Gasteiger partial charge is 0.487 e. The average Bonchev–Trinajstić information content (AvgIpc) is 3.72. The van der Waals surface area contributed by atoms with Gasteiger partial charge in [-0.15, -0.1) is 15.9 Å². The second-order valence-corrected chi connectivity index (χ2v) is 14.8. The molecule has 2 aromatic heterocycles. The summed E-state index contributed by atoms with van der Waals surface area (Å²) in [5.41, 5.74) is 5.90. The molecular formula is C36H43N5O5S. The molecule has 0 aliphatic carbocycles. The molecule has 6 rings (SSSR count). The summed E-state index contributed by atoms with van der Waals surface area (Å²) in [6.45, 7) is 13.5. The van der Waals surface area contributed by atoms with Gasteiger partial charge in [-0.05, 0) is 99.2 Å². The number of nitrogens with zero attached hydrogens (tertiary/aromatic N) is 4. The van der Waals surface area contributed by atoms with E-state index in [1.54, 1.807) is 34.6 Å². The number of hydrogen-bond donors (Lipinski definition) is 3. The van der Waals surface area contributed by atoms with E-state index in [0.29, 0.717) is 30.3 Å². The molecular weight excluding hydrogens is 614 g/mol. The first kappa shape index (κ1) is 32.8. The van der Waals surface area contributed by atoms with Crippen LogP contribution < -0.4 is 10.1 Å². The topological polar surface area (TPSA) is 126 Å². The van der Waals surface area contributed by atoms with E-state index in [1.165, 1.54) is 6.26 Å². The maximum Gasteiger partial charge on any atom is 0.287 e. The first-order valence-corrected chi connectivity index (χ1v) is 17.5. The van der Waals surface area contributed by atoms with Crippen molar-refractivity contribution in [3.05, 3.63) is 107 Å². The fraction of sp³-hybridized carbons (Fsp3) is 0.361. The summed E-state index contributed by atoms with van der Waals surface area (Å²) in [4.78, 5) is 13.8. The summed E-state index contributed by atoms with van der Waals surface area (Å²) in [7, 11) is -3.34. The van der Waals surface area contributed by atoms with Crippen molar-refractivity contribution in [3.8, 4) is 5.75 Å². The normalized spacial score (nSPS) is 17.8. The highest BCUT2D eigenvalue weighted by Crippen LogP contribution is 2.57. The van der Waals surface area contributed by atoms with Gasteiger partial charge in [-0.1, -0.05) is 48.5 Å². The molecule has 1 amide bonds. The number of aryl methyl sites for hydroxylation is 3. The summed E-state index contributed by atoms with van der Waals surface area (Å²) in [6, 6.07) is 20.9. The van der Waals surface area contributed by atoms with Crippen molar-refractivity contribution in [1.29, 1.82) is 0 Å². The summed E-state index contributed by atoms with van der Waals surface area (Å²) >= 11 is 0. The molecule has 0 spiro atoms. The van der Waals surface area contributed by atoms with Gasteiger partial charge in [0.05, 0.1) is 18.3 Å². The molecule has 1 aliphatic rings. The lowest BCUT2D eigenvalue weighted by molar-refractivity contribution is 0.0877. The van der Waals surface area contributed by atoms with Crippen molar-refractivity contribution in [2.24, 2.45) is 0 Å². The summed E-state index contributed by atoms with van der Waals surface area (Å²) < 4.78 is 38.6. The first-order valence-electron chi connectivity index (χ1n) is 16.0. The van der Waals surface area contributed by atoms with E-state index >= 15 is 0 Å². The number of rotatable bonds is 9. The summed E-state index contributed by atoms with van der Waals surface area (Å²) in [5, 5.41) is 12.1. The lowest BCUT2D eigenvalue weighted by Gasteiger charge is -2.42. The Morgan fingerprint density at radius 1 is 1.09 bits per heavy atom. The van der Waals surface area contributed by atoms with Crippen LogP contribution in [0.3, 0.4) is 0 Å². The molecule has 0 radical (unpaired) electrons. The Labute approximate surface area is 277 Å². The number of aromatic nitrogens is 3. The number of para-hydroxylation sites is 1. The zero-order chi connectivity index (χ0) is 33.5. The Hall–Kier alpha value is -4.16. The Morgan fingerprint density at radius 3 is 2.60 bits per heavy atom. The quantitative estimate of drug-likeness (QED) is 0.147. The molecule has 1 unspecified atom stereocenters. The van der Waals surface area contributed by atoms with E-state index in [-0.39, 0.29) is 23.7 Å². The van der Waals surface area contributed by atoms with E-state index < -0.39 is 16.3 Å². The Bertz CT molecular complexity index is 1900. The Balaban J connectivity index is 1.44. The summed E-state index contributed by atoms with van der Waals surface area (Å²) in [6.07, 6.45) is 2.00. The Morgan fingerprint density at radius 2 is 1.87 bits per heavy atom. The lowest BCUT2D eigenvalue weighted by atomic mass is 9.74. The SMILES string of the molecule is CCC1CN(Cc2cc([C@@H](c3ccc4c(nnn4CC)c3C)C(C)(C)NC(=O)c3ccco3)ccc2C)S(O)(O)c2ccccc2O1. The molecule has 11 heteroatoms. The third kappa shape index (κ3) is 6.16. The minimum atomic E-state index is -3.34. The number of furan rings is 1. The predicted molar refractivity (Wildman–Crippen MR) is 184 cm³/mol. The van der Waals surface area contributed by atoms with Crippen LogP contribution in [0.1, 0.15) is 78.4 Å². The molecule has 47 heavy (non-hydrogen) atoms. The van der Waals surface area contributed by atoms with Gasteiger partial charge in [0.25, 0.3) is 5.91 Å². The molecule has 0 bridgehead atoms. The number of nitrogens with one attached hydrogen (secondary N) is 1. The van der Waals surface area contributed by atoms with Gasteiger partial charge in [0.2, 0.25) is 0 Å². The average molecular weight is 658 g/mol. The van der Waals surface area contributed by atoms with Gasteiger partial charge in [0.1, 0.15) is 22.3 Å². The van der Waals surface area contributed by atoms with Gasteiger partial charge in [-0.2, -0.15) is 4.31 Å². The molecule has 3 heterocycles. The van der Waals surface area contributed by atoms with Crippen LogP contribution in [0.15, 0.2) is 82.3 Å². The second-order valence-electron chi connectivity index (χ2n) is 12.8. The minimum Gasteiger partial charge on any atom is -0.487 e. The number of benzene rings is 3. The first-order chi connectivity index (χ1) is 22.4. The molecule has 5 aromatic rings. The molecule has 1 aliphatic heterocycles. The second kappa shape index (κ2) is 12.8. The van der Waals surface area contributed by atoms with Gasteiger partial charge >= 0.3 is 0 Å². The van der Waals surface area contributed by atoms with Crippen LogP contribution >= 0.6 is 10.8 Å². The van der Waals surface area contributed by atoms with Gasteiger partial charge in [0, 0.05) is 24.5 Å². The van der Waals surface area contributed by atoms with Gasteiger partial charge < -0.3 is 14.5 Å². The summed E-state index contributed by atoms with van der Waals surface area (Å²) in [5.74, 6) is 0.121. The standard InChI is InChI=1S/C36H43N5O5S/c1-7-27-22-40(47(43,44)32-14-10-9-12-30(32)46-27)21-26-20-25(16-15-23(26)3)33(36(5,6)37-35(42)31-13-11-19-45-31)28-17-18-29-34(24(28)4)38-39-41(29)8-2/h9-20,27,33,43-44H,7-8,21-22H2,1-6H3,(H,37,42)/t27?,33-/m0/s1. The number of amides is 1. The maximum atomic E-state index is 13.4. The van der Waals surface area contributed by atoms with Crippen LogP contribution in [0.5, 0.6) is 5.75 Å². The molecule has 3 N–H and O–H groups in total. The molecule has 0 fully saturated rings. The highest BCUT2D eigenvalue weighted by atomic mass is 32.3. The third-order valence-corrected chi connectivity index (χ3v) is 11.1. The number of carbonyl (C=O) groups is 1. The van der Waals surface area contributed by atoms with Crippen molar-refractivity contribution >= 4 is 27.7 Å². The van der Waals surface area contributed by atoms with Crippen molar-refractivity contribution < 1.29 is 23.1 Å². The van der Waals surface area contributed by atoms with Crippen LogP contribution in [0.2, 0.25) is 0 Å².